The molecule has 2 aromatic carbocycles. The number of urea groups is 1. The molecule has 0 bridgehead atoms. The summed E-state index contributed by atoms with van der Waals surface area (Å²) in [4.78, 5) is 47.9. The molecule has 4 amide bonds. The first-order chi connectivity index (χ1) is 14.4. The number of amides is 4. The number of nitro groups is 1. The minimum Gasteiger partial charge on any atom is -0.494 e. The van der Waals surface area contributed by atoms with Gasteiger partial charge in [0.15, 0.2) is 0 Å². The van der Waals surface area contributed by atoms with Gasteiger partial charge in [0.05, 0.1) is 11.5 Å². The number of anilines is 1. The third kappa shape index (κ3) is 4.79. The summed E-state index contributed by atoms with van der Waals surface area (Å²) in [6, 6.07) is 11.5. The fourth-order valence-electron chi connectivity index (χ4n) is 2.76. The van der Waals surface area contributed by atoms with Crippen LogP contribution in [0.2, 0.25) is 0 Å². The molecule has 0 spiro atoms. The first-order valence-corrected chi connectivity index (χ1v) is 8.99. The zero-order chi connectivity index (χ0) is 21.7. The molecule has 1 fully saturated rings. The lowest BCUT2D eigenvalue weighted by atomic mass is 10.1. The standard InChI is InChI=1S/C20H18N4O6/c1-2-30-16-8-6-14(7-9-16)21-18(25)12-23-19(26)17(22-20(23)27)11-13-4-3-5-15(10-13)24(28)29/h3-11H,2,12H2,1H3,(H,21,25)(H,22,27)/b17-11-. The minimum absolute atomic E-state index is 0.0747. The molecule has 0 radical (unpaired) electrons. The molecule has 10 nitrogen and oxygen atoms in total. The lowest BCUT2D eigenvalue weighted by Crippen LogP contribution is -2.38. The quantitative estimate of drug-likeness (QED) is 0.312. The zero-order valence-corrected chi connectivity index (χ0v) is 16.0. The second-order valence-corrected chi connectivity index (χ2v) is 6.24. The van der Waals surface area contributed by atoms with Gasteiger partial charge in [-0.15, -0.1) is 0 Å². The molecule has 0 saturated carbocycles. The van der Waals surface area contributed by atoms with Gasteiger partial charge in [0.1, 0.15) is 18.0 Å². The van der Waals surface area contributed by atoms with E-state index in [1.54, 1.807) is 30.3 Å². The number of non-ortho nitro benzene ring substituents is 1. The largest absolute Gasteiger partial charge is 0.494 e. The zero-order valence-electron chi connectivity index (χ0n) is 16.0. The van der Waals surface area contributed by atoms with Gasteiger partial charge in [0, 0.05) is 17.8 Å². The molecule has 1 aliphatic heterocycles. The van der Waals surface area contributed by atoms with Crippen molar-refractivity contribution in [3.63, 3.8) is 0 Å². The second-order valence-electron chi connectivity index (χ2n) is 6.24. The van der Waals surface area contributed by atoms with Gasteiger partial charge >= 0.3 is 6.03 Å². The summed E-state index contributed by atoms with van der Waals surface area (Å²) in [5, 5.41) is 15.8. The number of benzene rings is 2. The number of nitro benzene ring substituents is 1. The van der Waals surface area contributed by atoms with Crippen molar-refractivity contribution in [1.29, 1.82) is 0 Å². The Labute approximate surface area is 171 Å². The summed E-state index contributed by atoms with van der Waals surface area (Å²) >= 11 is 0. The lowest BCUT2D eigenvalue weighted by Gasteiger charge is -2.12. The molecule has 2 aromatic rings. The normalized spacial score (nSPS) is 14.6. The van der Waals surface area contributed by atoms with Crippen LogP contribution in [-0.4, -0.2) is 40.8 Å². The predicted molar refractivity (Wildman–Crippen MR) is 108 cm³/mol. The van der Waals surface area contributed by atoms with E-state index in [4.69, 9.17) is 4.74 Å². The van der Waals surface area contributed by atoms with Crippen molar-refractivity contribution in [1.82, 2.24) is 10.2 Å². The molecule has 154 valence electrons. The van der Waals surface area contributed by atoms with E-state index in [9.17, 15) is 24.5 Å². The van der Waals surface area contributed by atoms with Gasteiger partial charge in [0.2, 0.25) is 5.91 Å². The highest BCUT2D eigenvalue weighted by atomic mass is 16.6. The molecular formula is C20H18N4O6. The van der Waals surface area contributed by atoms with Crippen LogP contribution in [0.5, 0.6) is 5.75 Å². The third-order valence-electron chi connectivity index (χ3n) is 4.11. The molecule has 1 aliphatic rings. The van der Waals surface area contributed by atoms with Gasteiger partial charge < -0.3 is 15.4 Å². The average Bonchev–Trinajstić information content (AvgIpc) is 2.97. The van der Waals surface area contributed by atoms with Crippen LogP contribution < -0.4 is 15.4 Å². The van der Waals surface area contributed by atoms with Gasteiger partial charge in [-0.25, -0.2) is 9.69 Å². The van der Waals surface area contributed by atoms with E-state index in [2.05, 4.69) is 10.6 Å². The first-order valence-electron chi connectivity index (χ1n) is 8.99. The Bertz CT molecular complexity index is 1030. The number of carbonyl (C=O) groups excluding carboxylic acids is 3. The molecule has 1 heterocycles. The van der Waals surface area contributed by atoms with Crippen LogP contribution in [0.1, 0.15) is 12.5 Å². The monoisotopic (exact) mass is 410 g/mol. The Morgan fingerprint density at radius 1 is 1.23 bits per heavy atom. The Morgan fingerprint density at radius 3 is 2.63 bits per heavy atom. The summed E-state index contributed by atoms with van der Waals surface area (Å²) < 4.78 is 5.32. The maximum Gasteiger partial charge on any atom is 0.329 e. The molecule has 3 rings (SSSR count). The minimum atomic E-state index is -0.751. The molecule has 1 saturated heterocycles. The fraction of sp³-hybridized carbons (Fsp3) is 0.150. The summed E-state index contributed by atoms with van der Waals surface area (Å²) in [5.41, 5.74) is 0.637. The summed E-state index contributed by atoms with van der Waals surface area (Å²) in [6.07, 6.45) is 1.32. The summed E-state index contributed by atoms with van der Waals surface area (Å²) in [7, 11) is 0. The number of nitrogens with zero attached hydrogens (tertiary/aromatic N) is 2. The maximum atomic E-state index is 12.5. The number of hydrogen-bond donors (Lipinski definition) is 2. The topological polar surface area (TPSA) is 131 Å². The molecule has 10 heteroatoms. The molecule has 0 atom stereocenters. The van der Waals surface area contributed by atoms with Crippen molar-refractivity contribution >= 4 is 35.3 Å². The molecule has 0 unspecified atom stereocenters. The highest BCUT2D eigenvalue weighted by Gasteiger charge is 2.35. The second kappa shape index (κ2) is 8.86. The number of ether oxygens (including phenoxy) is 1. The number of nitrogens with one attached hydrogen (secondary N) is 2. The van der Waals surface area contributed by atoms with Crippen molar-refractivity contribution in [2.24, 2.45) is 0 Å². The smallest absolute Gasteiger partial charge is 0.329 e. The maximum absolute atomic E-state index is 12.5. The first kappa shape index (κ1) is 20.5. The lowest BCUT2D eigenvalue weighted by molar-refractivity contribution is -0.384. The summed E-state index contributed by atoms with van der Waals surface area (Å²) in [5.74, 6) is -0.604. The number of hydrogen-bond acceptors (Lipinski definition) is 6. The Morgan fingerprint density at radius 2 is 1.97 bits per heavy atom. The van der Waals surface area contributed by atoms with Crippen molar-refractivity contribution in [2.75, 3.05) is 18.5 Å². The molecule has 0 aromatic heterocycles. The van der Waals surface area contributed by atoms with E-state index in [1.165, 1.54) is 24.3 Å². The van der Waals surface area contributed by atoms with Crippen LogP contribution in [0, 0.1) is 10.1 Å². The Kier molecular flexibility index (Phi) is 6.06. The van der Waals surface area contributed by atoms with E-state index in [-0.39, 0.29) is 11.4 Å². The van der Waals surface area contributed by atoms with Crippen molar-refractivity contribution in [2.45, 2.75) is 6.92 Å². The molecule has 30 heavy (non-hydrogen) atoms. The SMILES string of the molecule is CCOc1ccc(NC(=O)CN2C(=O)N/C(=C\c3cccc([N+](=O)[O-])c3)C2=O)cc1. The van der Waals surface area contributed by atoms with E-state index >= 15 is 0 Å². The molecule has 2 N–H and O–H groups in total. The van der Waals surface area contributed by atoms with Crippen molar-refractivity contribution in [3.8, 4) is 5.75 Å². The number of rotatable bonds is 7. The van der Waals surface area contributed by atoms with Crippen LogP contribution in [0.25, 0.3) is 6.08 Å². The molecular weight excluding hydrogens is 392 g/mol. The Hall–Kier alpha value is -4.21. The van der Waals surface area contributed by atoms with Crippen molar-refractivity contribution in [3.05, 3.63) is 69.9 Å². The van der Waals surface area contributed by atoms with Crippen LogP contribution in [-0.2, 0) is 9.59 Å². The average molecular weight is 410 g/mol. The van der Waals surface area contributed by atoms with Gasteiger partial charge in [-0.2, -0.15) is 0 Å². The molecule has 0 aliphatic carbocycles. The predicted octanol–water partition coefficient (Wildman–Crippen LogP) is 2.52. The number of carbonyl (C=O) groups is 3. The van der Waals surface area contributed by atoms with Gasteiger partial charge in [-0.05, 0) is 42.8 Å². The van der Waals surface area contributed by atoms with Gasteiger partial charge in [-0.1, -0.05) is 12.1 Å². The number of imide groups is 1. The summed E-state index contributed by atoms with van der Waals surface area (Å²) in [6.45, 7) is 1.89. The van der Waals surface area contributed by atoms with E-state index in [1.807, 2.05) is 6.92 Å². The highest BCUT2D eigenvalue weighted by molar-refractivity contribution is 6.15. The van der Waals surface area contributed by atoms with Gasteiger partial charge in [-0.3, -0.25) is 19.7 Å². The van der Waals surface area contributed by atoms with Crippen LogP contribution in [0.3, 0.4) is 0 Å². The van der Waals surface area contributed by atoms with E-state index < -0.39 is 29.3 Å². The van der Waals surface area contributed by atoms with Crippen LogP contribution >= 0.6 is 0 Å². The fourth-order valence-corrected chi connectivity index (χ4v) is 2.76. The highest BCUT2D eigenvalue weighted by Crippen LogP contribution is 2.19. The van der Waals surface area contributed by atoms with E-state index in [0.29, 0.717) is 23.6 Å². The third-order valence-corrected chi connectivity index (χ3v) is 4.11. The van der Waals surface area contributed by atoms with Crippen molar-refractivity contribution < 1.29 is 24.0 Å². The van der Waals surface area contributed by atoms with Crippen LogP contribution in [0.4, 0.5) is 16.2 Å². The van der Waals surface area contributed by atoms with Crippen LogP contribution in [0.15, 0.2) is 54.2 Å². The van der Waals surface area contributed by atoms with Gasteiger partial charge in [0.25, 0.3) is 11.6 Å². The van der Waals surface area contributed by atoms with E-state index in [0.717, 1.165) is 4.90 Å². The Balaban J connectivity index is 1.66.